The zero-order valence-electron chi connectivity index (χ0n) is 10.5. The van der Waals surface area contributed by atoms with Gasteiger partial charge in [0, 0.05) is 5.92 Å². The molecule has 0 radical (unpaired) electrons. The summed E-state index contributed by atoms with van der Waals surface area (Å²) in [4.78, 5) is 15.8. The smallest absolute Gasteiger partial charge is 0.302 e. The van der Waals surface area contributed by atoms with Crippen molar-refractivity contribution in [1.82, 2.24) is 4.98 Å². The summed E-state index contributed by atoms with van der Waals surface area (Å²) in [5, 5.41) is 3.02. The lowest BCUT2D eigenvalue weighted by Gasteiger charge is -2.09. The number of carbonyl (C=O) groups is 1. The SMILES string of the molecule is Cc1cc2nc(NC(=O)C3CC3)sc2cc1C(F)(F)F. The molecular formula is C13H11F3N2OS. The molecule has 0 spiro atoms. The molecule has 1 aliphatic carbocycles. The predicted octanol–water partition coefficient (Wildman–Crippen LogP) is 3.97. The van der Waals surface area contributed by atoms with Crippen molar-refractivity contribution < 1.29 is 18.0 Å². The van der Waals surface area contributed by atoms with E-state index in [4.69, 9.17) is 0 Å². The number of benzene rings is 1. The summed E-state index contributed by atoms with van der Waals surface area (Å²) < 4.78 is 38.9. The summed E-state index contributed by atoms with van der Waals surface area (Å²) >= 11 is 1.07. The minimum atomic E-state index is -4.38. The molecule has 1 saturated carbocycles. The number of carbonyl (C=O) groups excluding carboxylic acids is 1. The number of halogens is 3. The molecule has 0 aliphatic heterocycles. The number of alkyl halides is 3. The van der Waals surface area contributed by atoms with Gasteiger partial charge in [-0.05, 0) is 37.5 Å². The van der Waals surface area contributed by atoms with Crippen molar-refractivity contribution in [2.24, 2.45) is 5.92 Å². The summed E-state index contributed by atoms with van der Waals surface area (Å²) in [6, 6.07) is 2.50. The third-order valence-electron chi connectivity index (χ3n) is 3.22. The Kier molecular flexibility index (Phi) is 2.97. The van der Waals surface area contributed by atoms with Gasteiger partial charge in [-0.3, -0.25) is 4.79 Å². The Morgan fingerprint density at radius 1 is 1.40 bits per heavy atom. The van der Waals surface area contributed by atoms with E-state index in [9.17, 15) is 18.0 Å². The molecule has 7 heteroatoms. The summed E-state index contributed by atoms with van der Waals surface area (Å²) in [6.45, 7) is 1.41. The van der Waals surface area contributed by atoms with E-state index in [0.717, 1.165) is 30.2 Å². The summed E-state index contributed by atoms with van der Waals surface area (Å²) in [5.74, 6) is -0.0636. The van der Waals surface area contributed by atoms with E-state index in [-0.39, 0.29) is 17.4 Å². The van der Waals surface area contributed by atoms with Gasteiger partial charge in [0.1, 0.15) is 0 Å². The Morgan fingerprint density at radius 2 is 2.10 bits per heavy atom. The molecule has 1 aromatic heterocycles. The second kappa shape index (κ2) is 4.44. The molecule has 3 nitrogen and oxygen atoms in total. The zero-order valence-corrected chi connectivity index (χ0v) is 11.4. The molecule has 1 aliphatic rings. The van der Waals surface area contributed by atoms with Crippen LogP contribution in [0.2, 0.25) is 0 Å². The Bertz CT molecular complexity index is 689. The van der Waals surface area contributed by atoms with Gasteiger partial charge in [0.2, 0.25) is 5.91 Å². The van der Waals surface area contributed by atoms with Crippen molar-refractivity contribution in [2.75, 3.05) is 5.32 Å². The van der Waals surface area contributed by atoms with E-state index in [0.29, 0.717) is 15.3 Å². The van der Waals surface area contributed by atoms with Crippen LogP contribution in [0.4, 0.5) is 18.3 Å². The quantitative estimate of drug-likeness (QED) is 0.911. The van der Waals surface area contributed by atoms with Crippen molar-refractivity contribution >= 4 is 32.6 Å². The van der Waals surface area contributed by atoms with Crippen LogP contribution in [0.1, 0.15) is 24.0 Å². The van der Waals surface area contributed by atoms with Gasteiger partial charge in [-0.2, -0.15) is 13.2 Å². The van der Waals surface area contributed by atoms with Crippen molar-refractivity contribution in [2.45, 2.75) is 25.9 Å². The highest BCUT2D eigenvalue weighted by Crippen LogP contribution is 2.37. The molecule has 1 fully saturated rings. The molecule has 0 bridgehead atoms. The standard InChI is InChI=1S/C13H11F3N2OS/c1-6-4-9-10(5-8(6)13(14,15)16)20-12(17-9)18-11(19)7-2-3-7/h4-5,7H,2-3H2,1H3,(H,17,18,19). The first kappa shape index (κ1) is 13.4. The van der Waals surface area contributed by atoms with Crippen LogP contribution in [0.15, 0.2) is 12.1 Å². The molecule has 1 aromatic carbocycles. The van der Waals surface area contributed by atoms with E-state index >= 15 is 0 Å². The van der Waals surface area contributed by atoms with E-state index in [1.807, 2.05) is 0 Å². The molecule has 0 atom stereocenters. The normalized spacial score (nSPS) is 15.6. The van der Waals surface area contributed by atoms with Gasteiger partial charge < -0.3 is 5.32 Å². The highest BCUT2D eigenvalue weighted by atomic mass is 32.1. The van der Waals surface area contributed by atoms with Gasteiger partial charge >= 0.3 is 6.18 Å². The minimum absolute atomic E-state index is 0.0366. The van der Waals surface area contributed by atoms with Gasteiger partial charge in [0.15, 0.2) is 5.13 Å². The van der Waals surface area contributed by atoms with Crippen molar-refractivity contribution in [3.05, 3.63) is 23.3 Å². The van der Waals surface area contributed by atoms with Crippen LogP contribution in [-0.2, 0) is 11.0 Å². The first-order valence-corrected chi connectivity index (χ1v) is 6.95. The Hall–Kier alpha value is -1.63. The summed E-state index contributed by atoms with van der Waals surface area (Å²) in [6.07, 6.45) is -2.64. The predicted molar refractivity (Wildman–Crippen MR) is 70.7 cm³/mol. The van der Waals surface area contributed by atoms with Crippen LogP contribution < -0.4 is 5.32 Å². The van der Waals surface area contributed by atoms with Gasteiger partial charge in [-0.15, -0.1) is 0 Å². The average Bonchev–Trinajstić information content (AvgIpc) is 3.09. The van der Waals surface area contributed by atoms with Crippen molar-refractivity contribution in [3.63, 3.8) is 0 Å². The Balaban J connectivity index is 1.96. The fourth-order valence-corrected chi connectivity index (χ4v) is 2.88. The number of nitrogens with one attached hydrogen (secondary N) is 1. The molecule has 20 heavy (non-hydrogen) atoms. The number of hydrogen-bond acceptors (Lipinski definition) is 3. The number of fused-ring (bicyclic) bond motifs is 1. The number of aromatic nitrogens is 1. The fourth-order valence-electron chi connectivity index (χ4n) is 1.99. The third kappa shape index (κ3) is 2.49. The zero-order chi connectivity index (χ0) is 14.5. The molecule has 1 amide bonds. The molecule has 0 saturated heterocycles. The highest BCUT2D eigenvalue weighted by Gasteiger charge is 2.33. The number of nitrogens with zero attached hydrogens (tertiary/aromatic N) is 1. The van der Waals surface area contributed by atoms with Crippen LogP contribution in [0.5, 0.6) is 0 Å². The number of aryl methyl sites for hydroxylation is 1. The lowest BCUT2D eigenvalue weighted by Crippen LogP contribution is -2.12. The number of hydrogen-bond donors (Lipinski definition) is 1. The summed E-state index contributed by atoms with van der Waals surface area (Å²) in [7, 11) is 0. The molecule has 2 aromatic rings. The lowest BCUT2D eigenvalue weighted by molar-refractivity contribution is -0.137. The monoisotopic (exact) mass is 300 g/mol. The van der Waals surface area contributed by atoms with E-state index in [1.165, 1.54) is 13.0 Å². The Labute approximate surface area is 116 Å². The van der Waals surface area contributed by atoms with E-state index < -0.39 is 11.7 Å². The Morgan fingerprint density at radius 3 is 2.70 bits per heavy atom. The third-order valence-corrected chi connectivity index (χ3v) is 4.15. The molecule has 1 heterocycles. The molecule has 106 valence electrons. The second-order valence-electron chi connectivity index (χ2n) is 4.92. The van der Waals surface area contributed by atoms with Crippen LogP contribution in [0, 0.1) is 12.8 Å². The first-order chi connectivity index (χ1) is 9.34. The number of thiazole rings is 1. The van der Waals surface area contributed by atoms with Crippen LogP contribution in [0.25, 0.3) is 10.2 Å². The fraction of sp³-hybridized carbons (Fsp3) is 0.385. The number of anilines is 1. The number of amides is 1. The highest BCUT2D eigenvalue weighted by molar-refractivity contribution is 7.22. The number of rotatable bonds is 2. The van der Waals surface area contributed by atoms with E-state index in [2.05, 4.69) is 10.3 Å². The maximum Gasteiger partial charge on any atom is 0.416 e. The van der Waals surface area contributed by atoms with Gasteiger partial charge in [0.05, 0.1) is 15.8 Å². The largest absolute Gasteiger partial charge is 0.416 e. The van der Waals surface area contributed by atoms with Gasteiger partial charge in [0.25, 0.3) is 0 Å². The van der Waals surface area contributed by atoms with Gasteiger partial charge in [-0.1, -0.05) is 11.3 Å². The maximum atomic E-state index is 12.8. The molecule has 0 unspecified atom stereocenters. The van der Waals surface area contributed by atoms with Crippen LogP contribution in [-0.4, -0.2) is 10.9 Å². The average molecular weight is 300 g/mol. The minimum Gasteiger partial charge on any atom is -0.302 e. The summed E-state index contributed by atoms with van der Waals surface area (Å²) in [5.41, 5.74) is -0.0457. The van der Waals surface area contributed by atoms with Crippen LogP contribution >= 0.6 is 11.3 Å². The van der Waals surface area contributed by atoms with Crippen LogP contribution in [0.3, 0.4) is 0 Å². The maximum absolute atomic E-state index is 12.8. The second-order valence-corrected chi connectivity index (χ2v) is 5.95. The lowest BCUT2D eigenvalue weighted by atomic mass is 10.1. The topological polar surface area (TPSA) is 42.0 Å². The van der Waals surface area contributed by atoms with Crippen molar-refractivity contribution in [1.29, 1.82) is 0 Å². The molecular weight excluding hydrogens is 289 g/mol. The molecule has 1 N–H and O–H groups in total. The van der Waals surface area contributed by atoms with Crippen molar-refractivity contribution in [3.8, 4) is 0 Å². The molecule has 3 rings (SSSR count). The van der Waals surface area contributed by atoms with E-state index in [1.54, 1.807) is 0 Å². The first-order valence-electron chi connectivity index (χ1n) is 6.14. The van der Waals surface area contributed by atoms with Gasteiger partial charge in [-0.25, -0.2) is 4.98 Å².